The fraction of sp³-hybridized carbons (Fsp3) is 0.379. The first-order valence-electron chi connectivity index (χ1n) is 12.6. The normalized spacial score (nSPS) is 13.6. The zero-order chi connectivity index (χ0) is 26.7. The summed E-state index contributed by atoms with van der Waals surface area (Å²) in [4.78, 5) is 21.9. The Balaban J connectivity index is 1.57. The van der Waals surface area contributed by atoms with Crippen LogP contribution < -0.4 is 18.9 Å². The number of aromatic nitrogens is 1. The van der Waals surface area contributed by atoms with Gasteiger partial charge in [-0.25, -0.2) is 0 Å². The number of hydrogen-bond acceptors (Lipinski definition) is 8. The third-order valence-corrected chi connectivity index (χ3v) is 6.40. The lowest BCUT2D eigenvalue weighted by Gasteiger charge is -2.27. The molecule has 1 aliphatic rings. The van der Waals surface area contributed by atoms with Gasteiger partial charge in [-0.15, -0.1) is 0 Å². The van der Waals surface area contributed by atoms with Crippen molar-refractivity contribution in [3.63, 3.8) is 0 Å². The van der Waals surface area contributed by atoms with Crippen molar-refractivity contribution in [3.8, 4) is 23.0 Å². The number of rotatable bonds is 12. The van der Waals surface area contributed by atoms with Crippen molar-refractivity contribution >= 4 is 5.91 Å². The van der Waals surface area contributed by atoms with Gasteiger partial charge in [0.1, 0.15) is 12.4 Å². The highest BCUT2D eigenvalue weighted by molar-refractivity contribution is 5.97. The topological polar surface area (TPSA) is 82.6 Å². The zero-order valence-electron chi connectivity index (χ0n) is 22.2. The third-order valence-electron chi connectivity index (χ3n) is 6.40. The van der Waals surface area contributed by atoms with Gasteiger partial charge in [0.25, 0.3) is 5.91 Å². The number of carbonyl (C=O) groups is 1. The average Bonchev–Trinajstić information content (AvgIpc) is 2.97. The van der Waals surface area contributed by atoms with Gasteiger partial charge in [0, 0.05) is 45.1 Å². The van der Waals surface area contributed by atoms with E-state index in [9.17, 15) is 4.79 Å². The fourth-order valence-corrected chi connectivity index (χ4v) is 4.39. The van der Waals surface area contributed by atoms with Gasteiger partial charge in [-0.05, 0) is 47.5 Å². The number of nitrogens with zero attached hydrogens (tertiary/aromatic N) is 3. The quantitative estimate of drug-likeness (QED) is 0.357. The molecule has 1 aromatic heterocycles. The molecule has 202 valence electrons. The predicted molar refractivity (Wildman–Crippen MR) is 143 cm³/mol. The molecule has 3 aromatic rings. The third kappa shape index (κ3) is 6.93. The number of amides is 1. The Labute approximate surface area is 223 Å². The van der Waals surface area contributed by atoms with E-state index in [0.29, 0.717) is 48.3 Å². The van der Waals surface area contributed by atoms with Gasteiger partial charge < -0.3 is 28.6 Å². The Morgan fingerprint density at radius 3 is 2.18 bits per heavy atom. The van der Waals surface area contributed by atoms with Gasteiger partial charge in [-0.1, -0.05) is 12.1 Å². The van der Waals surface area contributed by atoms with Crippen LogP contribution >= 0.6 is 0 Å². The largest absolute Gasteiger partial charge is 0.496 e. The lowest BCUT2D eigenvalue weighted by molar-refractivity contribution is 0.0319. The molecular weight excluding hydrogens is 486 g/mol. The molecule has 1 saturated heterocycles. The minimum absolute atomic E-state index is 0.150. The maximum atomic E-state index is 13.7. The van der Waals surface area contributed by atoms with Gasteiger partial charge in [0.15, 0.2) is 11.5 Å². The van der Waals surface area contributed by atoms with Gasteiger partial charge in [0.05, 0.1) is 40.1 Å². The van der Waals surface area contributed by atoms with Crippen LogP contribution in [0.1, 0.15) is 21.5 Å². The Morgan fingerprint density at radius 1 is 0.895 bits per heavy atom. The molecule has 1 aliphatic heterocycles. The lowest BCUT2D eigenvalue weighted by Crippen LogP contribution is -2.38. The van der Waals surface area contributed by atoms with Crippen molar-refractivity contribution in [3.05, 3.63) is 77.6 Å². The molecule has 0 unspecified atom stereocenters. The van der Waals surface area contributed by atoms with E-state index in [4.69, 9.17) is 23.7 Å². The summed E-state index contributed by atoms with van der Waals surface area (Å²) in [5, 5.41) is 0. The van der Waals surface area contributed by atoms with Crippen LogP contribution in [0.25, 0.3) is 0 Å². The molecule has 1 fully saturated rings. The Kier molecular flexibility index (Phi) is 9.77. The van der Waals surface area contributed by atoms with Crippen LogP contribution in [0.3, 0.4) is 0 Å². The molecular formula is C29H35N3O6. The van der Waals surface area contributed by atoms with Gasteiger partial charge in [-0.3, -0.25) is 14.7 Å². The summed E-state index contributed by atoms with van der Waals surface area (Å²) in [7, 11) is 4.76. The lowest BCUT2D eigenvalue weighted by atomic mass is 10.1. The number of pyridine rings is 1. The second kappa shape index (κ2) is 13.6. The summed E-state index contributed by atoms with van der Waals surface area (Å²) < 4.78 is 28.4. The number of carbonyl (C=O) groups excluding carboxylic acids is 1. The molecule has 9 nitrogen and oxygen atoms in total. The van der Waals surface area contributed by atoms with Gasteiger partial charge in [0.2, 0.25) is 5.75 Å². The highest BCUT2D eigenvalue weighted by atomic mass is 16.5. The van der Waals surface area contributed by atoms with Crippen LogP contribution in [0.2, 0.25) is 0 Å². The second-order valence-corrected chi connectivity index (χ2v) is 8.85. The first kappa shape index (κ1) is 27.2. The number of methoxy groups -OCH3 is 3. The van der Waals surface area contributed by atoms with Crippen molar-refractivity contribution in [2.45, 2.75) is 13.1 Å². The van der Waals surface area contributed by atoms with Crippen molar-refractivity contribution in [1.29, 1.82) is 0 Å². The van der Waals surface area contributed by atoms with Crippen LogP contribution in [-0.2, 0) is 17.8 Å². The molecule has 9 heteroatoms. The zero-order valence-corrected chi connectivity index (χ0v) is 22.2. The van der Waals surface area contributed by atoms with Crippen molar-refractivity contribution in [2.75, 3.05) is 60.8 Å². The van der Waals surface area contributed by atoms with Crippen molar-refractivity contribution in [2.24, 2.45) is 0 Å². The molecule has 0 spiro atoms. The van der Waals surface area contributed by atoms with Crippen LogP contribution in [0, 0.1) is 0 Å². The van der Waals surface area contributed by atoms with Crippen LogP contribution in [-0.4, -0.2) is 81.5 Å². The molecule has 2 aromatic carbocycles. The summed E-state index contributed by atoms with van der Waals surface area (Å²) in [6, 6.07) is 14.8. The molecule has 0 atom stereocenters. The Hall–Kier alpha value is -3.82. The summed E-state index contributed by atoms with van der Waals surface area (Å²) in [6.45, 7) is 5.25. The summed E-state index contributed by atoms with van der Waals surface area (Å²) in [5.41, 5.74) is 2.30. The van der Waals surface area contributed by atoms with E-state index in [1.165, 1.54) is 0 Å². The maximum Gasteiger partial charge on any atom is 0.258 e. The first-order chi connectivity index (χ1) is 18.6. The van der Waals surface area contributed by atoms with Crippen LogP contribution in [0.15, 0.2) is 60.9 Å². The Morgan fingerprint density at radius 2 is 1.53 bits per heavy atom. The van der Waals surface area contributed by atoms with E-state index in [2.05, 4.69) is 9.88 Å². The van der Waals surface area contributed by atoms with Gasteiger partial charge >= 0.3 is 0 Å². The van der Waals surface area contributed by atoms with Crippen LogP contribution in [0.5, 0.6) is 23.0 Å². The summed E-state index contributed by atoms with van der Waals surface area (Å²) in [5.74, 6) is 2.02. The molecule has 0 radical (unpaired) electrons. The molecule has 1 amide bonds. The van der Waals surface area contributed by atoms with E-state index >= 15 is 0 Å². The smallest absolute Gasteiger partial charge is 0.258 e. The Bertz CT molecular complexity index is 1160. The van der Waals surface area contributed by atoms with Crippen molar-refractivity contribution < 1.29 is 28.5 Å². The number of benzene rings is 2. The minimum atomic E-state index is -0.150. The van der Waals surface area contributed by atoms with E-state index in [1.807, 2.05) is 36.4 Å². The van der Waals surface area contributed by atoms with Gasteiger partial charge in [-0.2, -0.15) is 0 Å². The molecule has 0 bridgehead atoms. The van der Waals surface area contributed by atoms with E-state index in [1.54, 1.807) is 50.8 Å². The number of hydrogen-bond donors (Lipinski definition) is 0. The fourth-order valence-electron chi connectivity index (χ4n) is 4.39. The molecule has 0 saturated carbocycles. The average molecular weight is 522 g/mol. The summed E-state index contributed by atoms with van der Waals surface area (Å²) in [6.07, 6.45) is 3.44. The monoisotopic (exact) mass is 521 g/mol. The second-order valence-electron chi connectivity index (χ2n) is 8.85. The number of ether oxygens (including phenoxy) is 5. The SMILES string of the molecule is COc1ccccc1C(=O)N(Cc1ccncc1)Cc1cc(OC)c(OCCN2CCOCC2)c(OC)c1. The van der Waals surface area contributed by atoms with Crippen LogP contribution in [0.4, 0.5) is 0 Å². The minimum Gasteiger partial charge on any atom is -0.496 e. The summed E-state index contributed by atoms with van der Waals surface area (Å²) >= 11 is 0. The molecule has 38 heavy (non-hydrogen) atoms. The highest BCUT2D eigenvalue weighted by Gasteiger charge is 2.22. The molecule has 0 aliphatic carbocycles. The molecule has 4 rings (SSSR count). The first-order valence-corrected chi connectivity index (χ1v) is 12.6. The molecule has 0 N–H and O–H groups in total. The van der Waals surface area contributed by atoms with E-state index < -0.39 is 0 Å². The highest BCUT2D eigenvalue weighted by Crippen LogP contribution is 2.39. The number of para-hydroxylation sites is 1. The predicted octanol–water partition coefficient (Wildman–Crippen LogP) is 3.66. The van der Waals surface area contributed by atoms with E-state index in [-0.39, 0.29) is 5.91 Å². The standard InChI is InChI=1S/C29H35N3O6/c1-34-25-7-5-4-6-24(25)29(33)32(20-22-8-10-30-11-9-22)21-23-18-26(35-2)28(27(19-23)36-3)38-17-14-31-12-15-37-16-13-31/h4-11,18-19H,12-17,20-21H2,1-3H3. The van der Waals surface area contributed by atoms with E-state index in [0.717, 1.165) is 44.0 Å². The van der Waals surface area contributed by atoms with Crippen molar-refractivity contribution in [1.82, 2.24) is 14.8 Å². The molecule has 2 heterocycles. The number of morpholine rings is 1. The maximum absolute atomic E-state index is 13.7.